The molecule has 21 heavy (non-hydrogen) atoms. The monoisotopic (exact) mass is 314 g/mol. The van der Waals surface area contributed by atoms with E-state index in [4.69, 9.17) is 21.4 Å². The van der Waals surface area contributed by atoms with Crippen LogP contribution in [0.1, 0.15) is 27.2 Å². The quantitative estimate of drug-likeness (QED) is 0.723. The van der Waals surface area contributed by atoms with Gasteiger partial charge in [-0.1, -0.05) is 25.4 Å². The fourth-order valence-corrected chi connectivity index (χ4v) is 1.97. The highest BCUT2D eigenvalue weighted by Crippen LogP contribution is 2.27. The predicted molar refractivity (Wildman–Crippen MR) is 85.1 cm³/mol. The number of urea groups is 1. The van der Waals surface area contributed by atoms with Crippen LogP contribution in [-0.4, -0.2) is 30.9 Å². The van der Waals surface area contributed by atoms with Crippen molar-refractivity contribution in [1.29, 1.82) is 0 Å². The van der Waals surface area contributed by atoms with Crippen LogP contribution in [0, 0.1) is 5.41 Å². The topological polar surface area (TPSA) is 70.6 Å². The molecule has 0 aliphatic carbocycles. The molecule has 1 aromatic carbocycles. The molecule has 0 spiro atoms. The van der Waals surface area contributed by atoms with Crippen LogP contribution >= 0.6 is 11.6 Å². The van der Waals surface area contributed by atoms with Gasteiger partial charge >= 0.3 is 6.03 Å². The van der Waals surface area contributed by atoms with Crippen molar-refractivity contribution < 1.29 is 14.6 Å². The average Bonchev–Trinajstić information content (AvgIpc) is 2.40. The van der Waals surface area contributed by atoms with Crippen molar-refractivity contribution in [2.75, 3.05) is 25.1 Å². The number of carbonyl (C=O) groups is 1. The summed E-state index contributed by atoms with van der Waals surface area (Å²) in [5.41, 5.74) is 0.448. The van der Waals surface area contributed by atoms with Crippen molar-refractivity contribution in [2.24, 2.45) is 5.41 Å². The number of hydrogen-bond acceptors (Lipinski definition) is 3. The Hall–Kier alpha value is -1.46. The third-order valence-corrected chi connectivity index (χ3v) is 3.30. The molecule has 0 unspecified atom stereocenters. The second-order valence-electron chi connectivity index (χ2n) is 5.52. The van der Waals surface area contributed by atoms with E-state index in [2.05, 4.69) is 10.6 Å². The van der Waals surface area contributed by atoms with Gasteiger partial charge in [0.05, 0.1) is 11.6 Å². The number of amides is 2. The van der Waals surface area contributed by atoms with Gasteiger partial charge in [0.2, 0.25) is 0 Å². The summed E-state index contributed by atoms with van der Waals surface area (Å²) < 4.78 is 5.33. The minimum atomic E-state index is -0.304. The van der Waals surface area contributed by atoms with Gasteiger partial charge < -0.3 is 20.5 Å². The van der Waals surface area contributed by atoms with Gasteiger partial charge in [-0.25, -0.2) is 4.79 Å². The van der Waals surface area contributed by atoms with E-state index < -0.39 is 0 Å². The highest BCUT2D eigenvalue weighted by Gasteiger charge is 2.18. The summed E-state index contributed by atoms with van der Waals surface area (Å²) >= 11 is 6.06. The maximum Gasteiger partial charge on any atom is 0.319 e. The molecule has 0 bridgehead atoms. The Balaban J connectivity index is 2.53. The van der Waals surface area contributed by atoms with E-state index in [0.29, 0.717) is 36.0 Å². The molecular formula is C15H23ClN2O3. The van der Waals surface area contributed by atoms with Gasteiger partial charge in [0.1, 0.15) is 5.75 Å². The van der Waals surface area contributed by atoms with Gasteiger partial charge in [-0.3, -0.25) is 0 Å². The van der Waals surface area contributed by atoms with Crippen molar-refractivity contribution in [3.8, 4) is 5.75 Å². The number of aliphatic hydroxyl groups excluding tert-OH is 1. The molecule has 6 heteroatoms. The molecule has 1 aromatic rings. The number of hydrogen-bond donors (Lipinski definition) is 3. The zero-order chi connectivity index (χ0) is 15.9. The Morgan fingerprint density at radius 3 is 2.71 bits per heavy atom. The lowest BCUT2D eigenvalue weighted by atomic mass is 9.90. The van der Waals surface area contributed by atoms with E-state index in [1.807, 2.05) is 20.8 Å². The fraction of sp³-hybridized carbons (Fsp3) is 0.533. The Morgan fingerprint density at radius 1 is 1.43 bits per heavy atom. The van der Waals surface area contributed by atoms with Crippen molar-refractivity contribution >= 4 is 23.3 Å². The van der Waals surface area contributed by atoms with E-state index in [1.54, 1.807) is 18.2 Å². The molecular weight excluding hydrogens is 292 g/mol. The number of ether oxygens (including phenoxy) is 1. The number of nitrogens with one attached hydrogen (secondary N) is 2. The molecule has 0 saturated carbocycles. The molecule has 0 aliphatic rings. The van der Waals surface area contributed by atoms with E-state index in [1.165, 1.54) is 0 Å². The Kier molecular flexibility index (Phi) is 6.78. The second kappa shape index (κ2) is 8.10. The normalized spacial score (nSPS) is 11.1. The molecule has 0 aliphatic heterocycles. The van der Waals surface area contributed by atoms with Crippen LogP contribution in [0.3, 0.4) is 0 Å². The first kappa shape index (κ1) is 17.6. The lowest BCUT2D eigenvalue weighted by Crippen LogP contribution is -2.37. The Bertz CT molecular complexity index is 478. The molecule has 0 fully saturated rings. The Labute approximate surface area is 130 Å². The standard InChI is InChI=1S/C15H23ClN2O3/c1-4-21-13-6-5-11(9-12(13)16)18-14(20)17-10-15(2,3)7-8-19/h5-6,9,19H,4,7-8,10H2,1-3H3,(H2,17,18,20). The molecule has 1 rings (SSSR count). The maximum absolute atomic E-state index is 11.8. The van der Waals surface area contributed by atoms with Crippen LogP contribution in [0.2, 0.25) is 5.02 Å². The first-order valence-corrected chi connectivity index (χ1v) is 7.34. The van der Waals surface area contributed by atoms with Crippen LogP contribution in [-0.2, 0) is 0 Å². The fourth-order valence-electron chi connectivity index (χ4n) is 1.74. The summed E-state index contributed by atoms with van der Waals surface area (Å²) in [5, 5.41) is 14.9. The SMILES string of the molecule is CCOc1ccc(NC(=O)NCC(C)(C)CCO)cc1Cl. The number of halogens is 1. The van der Waals surface area contributed by atoms with E-state index in [0.717, 1.165) is 0 Å². The van der Waals surface area contributed by atoms with Gasteiger partial charge in [-0.05, 0) is 37.0 Å². The predicted octanol–water partition coefficient (Wildman–Crippen LogP) is 3.27. The number of carbonyl (C=O) groups excluding carboxylic acids is 1. The van der Waals surface area contributed by atoms with Gasteiger partial charge in [0.15, 0.2) is 0 Å². The third-order valence-electron chi connectivity index (χ3n) is 3.01. The lowest BCUT2D eigenvalue weighted by molar-refractivity contribution is 0.204. The Morgan fingerprint density at radius 2 is 2.14 bits per heavy atom. The molecule has 0 aromatic heterocycles. The molecule has 3 N–H and O–H groups in total. The van der Waals surface area contributed by atoms with Crippen molar-refractivity contribution in [2.45, 2.75) is 27.2 Å². The van der Waals surface area contributed by atoms with Crippen molar-refractivity contribution in [3.05, 3.63) is 23.2 Å². The summed E-state index contributed by atoms with van der Waals surface area (Å²) in [4.78, 5) is 11.8. The summed E-state index contributed by atoms with van der Waals surface area (Å²) in [7, 11) is 0. The van der Waals surface area contributed by atoms with Crippen LogP contribution < -0.4 is 15.4 Å². The maximum atomic E-state index is 11.8. The molecule has 5 nitrogen and oxygen atoms in total. The smallest absolute Gasteiger partial charge is 0.319 e. The molecule has 0 atom stereocenters. The van der Waals surface area contributed by atoms with Gasteiger partial charge in [-0.2, -0.15) is 0 Å². The highest BCUT2D eigenvalue weighted by atomic mass is 35.5. The number of aliphatic hydroxyl groups is 1. The van der Waals surface area contributed by atoms with Crippen LogP contribution in [0.4, 0.5) is 10.5 Å². The summed E-state index contributed by atoms with van der Waals surface area (Å²) in [6, 6.07) is 4.79. The van der Waals surface area contributed by atoms with Gasteiger partial charge in [-0.15, -0.1) is 0 Å². The van der Waals surface area contributed by atoms with Gasteiger partial charge in [0, 0.05) is 18.8 Å². The summed E-state index contributed by atoms with van der Waals surface area (Å²) in [6.45, 7) is 6.96. The number of anilines is 1. The van der Waals surface area contributed by atoms with Crippen LogP contribution in [0.15, 0.2) is 18.2 Å². The molecule has 0 saturated heterocycles. The van der Waals surface area contributed by atoms with Gasteiger partial charge in [0.25, 0.3) is 0 Å². The van der Waals surface area contributed by atoms with E-state index in [9.17, 15) is 4.79 Å². The van der Waals surface area contributed by atoms with E-state index >= 15 is 0 Å². The van der Waals surface area contributed by atoms with Crippen molar-refractivity contribution in [3.63, 3.8) is 0 Å². The summed E-state index contributed by atoms with van der Waals surface area (Å²) in [6.07, 6.45) is 0.627. The number of benzene rings is 1. The third kappa shape index (κ3) is 6.23. The van der Waals surface area contributed by atoms with Crippen LogP contribution in [0.5, 0.6) is 5.75 Å². The minimum absolute atomic E-state index is 0.102. The lowest BCUT2D eigenvalue weighted by Gasteiger charge is -2.23. The largest absolute Gasteiger partial charge is 0.492 e. The van der Waals surface area contributed by atoms with Crippen molar-refractivity contribution in [1.82, 2.24) is 5.32 Å². The molecule has 0 radical (unpaired) electrons. The molecule has 118 valence electrons. The first-order valence-electron chi connectivity index (χ1n) is 6.96. The zero-order valence-corrected chi connectivity index (χ0v) is 13.5. The molecule has 2 amide bonds. The first-order chi connectivity index (χ1) is 9.88. The average molecular weight is 315 g/mol. The summed E-state index contributed by atoms with van der Waals surface area (Å²) in [5.74, 6) is 0.592. The van der Waals surface area contributed by atoms with Crippen LogP contribution in [0.25, 0.3) is 0 Å². The minimum Gasteiger partial charge on any atom is -0.492 e. The second-order valence-corrected chi connectivity index (χ2v) is 5.93. The van der Waals surface area contributed by atoms with E-state index in [-0.39, 0.29) is 18.1 Å². The molecule has 0 heterocycles. The zero-order valence-electron chi connectivity index (χ0n) is 12.7. The number of rotatable bonds is 7. The highest BCUT2D eigenvalue weighted by molar-refractivity contribution is 6.32.